The molecule has 31 heavy (non-hydrogen) atoms. The molecular weight excluding hydrogens is 407 g/mol. The van der Waals surface area contributed by atoms with Crippen LogP contribution in [0.3, 0.4) is 0 Å². The SMILES string of the molecule is Cc1ccc(CN2CCCC23CCN(C(=O)OC(C)C(F)(F)F)CC3)c(N2CCC2)c1. The van der Waals surface area contributed by atoms with Crippen LogP contribution >= 0.6 is 0 Å². The van der Waals surface area contributed by atoms with Crippen molar-refractivity contribution >= 4 is 11.8 Å². The van der Waals surface area contributed by atoms with Crippen LogP contribution in [0.5, 0.6) is 0 Å². The lowest BCUT2D eigenvalue weighted by atomic mass is 9.84. The van der Waals surface area contributed by atoms with E-state index >= 15 is 0 Å². The van der Waals surface area contributed by atoms with Crippen molar-refractivity contribution in [2.45, 2.75) is 70.3 Å². The molecule has 1 spiro atoms. The fourth-order valence-electron chi connectivity index (χ4n) is 5.07. The Hall–Kier alpha value is -1.96. The number of nitrogens with zero attached hydrogens (tertiary/aromatic N) is 3. The number of benzene rings is 1. The molecule has 8 heteroatoms. The first-order valence-electron chi connectivity index (χ1n) is 11.3. The van der Waals surface area contributed by atoms with Crippen LogP contribution < -0.4 is 4.90 Å². The number of amides is 1. The molecule has 3 aliphatic rings. The summed E-state index contributed by atoms with van der Waals surface area (Å²) in [4.78, 5) is 18.6. The molecule has 0 aliphatic carbocycles. The monoisotopic (exact) mass is 439 g/mol. The Morgan fingerprint density at radius 3 is 2.42 bits per heavy atom. The summed E-state index contributed by atoms with van der Waals surface area (Å²) in [5, 5.41) is 0. The molecule has 0 aromatic heterocycles. The molecule has 1 unspecified atom stereocenters. The smallest absolute Gasteiger partial charge is 0.425 e. The summed E-state index contributed by atoms with van der Waals surface area (Å²) in [5.74, 6) is 0. The van der Waals surface area contributed by atoms with Gasteiger partial charge in [0.25, 0.3) is 0 Å². The van der Waals surface area contributed by atoms with Gasteiger partial charge in [-0.15, -0.1) is 0 Å². The Kier molecular flexibility index (Phi) is 6.12. The summed E-state index contributed by atoms with van der Waals surface area (Å²) in [5.41, 5.74) is 3.95. The summed E-state index contributed by atoms with van der Waals surface area (Å²) in [6, 6.07) is 6.68. The third-order valence-electron chi connectivity index (χ3n) is 7.23. The fraction of sp³-hybridized carbons (Fsp3) is 0.696. The highest BCUT2D eigenvalue weighted by Gasteiger charge is 2.45. The number of ether oxygens (including phenoxy) is 1. The first kappa shape index (κ1) is 22.2. The van der Waals surface area contributed by atoms with E-state index in [1.807, 2.05) is 0 Å². The highest BCUT2D eigenvalue weighted by atomic mass is 19.4. The van der Waals surface area contributed by atoms with Crippen LogP contribution in [0.15, 0.2) is 18.2 Å². The molecule has 3 heterocycles. The molecule has 1 aromatic rings. The van der Waals surface area contributed by atoms with E-state index in [4.69, 9.17) is 0 Å². The van der Waals surface area contributed by atoms with Crippen molar-refractivity contribution in [1.29, 1.82) is 0 Å². The summed E-state index contributed by atoms with van der Waals surface area (Å²) >= 11 is 0. The van der Waals surface area contributed by atoms with Crippen LogP contribution in [-0.4, -0.2) is 66.4 Å². The van der Waals surface area contributed by atoms with Crippen molar-refractivity contribution in [2.24, 2.45) is 0 Å². The van der Waals surface area contributed by atoms with Gasteiger partial charge in [0.1, 0.15) is 0 Å². The lowest BCUT2D eigenvalue weighted by molar-refractivity contribution is -0.200. The average molecular weight is 440 g/mol. The van der Waals surface area contributed by atoms with Gasteiger partial charge >= 0.3 is 12.3 Å². The van der Waals surface area contributed by atoms with Crippen LogP contribution in [0.2, 0.25) is 0 Å². The summed E-state index contributed by atoms with van der Waals surface area (Å²) in [7, 11) is 0. The van der Waals surface area contributed by atoms with Crippen molar-refractivity contribution in [3.8, 4) is 0 Å². The first-order chi connectivity index (χ1) is 14.7. The Morgan fingerprint density at radius 2 is 1.81 bits per heavy atom. The lowest BCUT2D eigenvalue weighted by Gasteiger charge is -2.45. The van der Waals surface area contributed by atoms with Gasteiger partial charge in [-0.1, -0.05) is 12.1 Å². The number of piperidine rings is 1. The third kappa shape index (κ3) is 4.64. The number of anilines is 1. The van der Waals surface area contributed by atoms with Gasteiger partial charge in [0.15, 0.2) is 6.10 Å². The molecular formula is C23H32F3N3O2. The number of carbonyl (C=O) groups is 1. The number of rotatable bonds is 4. The van der Waals surface area contributed by atoms with E-state index in [1.54, 1.807) is 0 Å². The van der Waals surface area contributed by atoms with Crippen molar-refractivity contribution in [3.63, 3.8) is 0 Å². The maximum Gasteiger partial charge on any atom is 0.425 e. The molecule has 0 saturated carbocycles. The van der Waals surface area contributed by atoms with Crippen LogP contribution in [0.4, 0.5) is 23.7 Å². The fourth-order valence-corrected chi connectivity index (χ4v) is 5.07. The maximum atomic E-state index is 12.7. The maximum absolute atomic E-state index is 12.7. The summed E-state index contributed by atoms with van der Waals surface area (Å²) in [6.45, 7) is 7.98. The topological polar surface area (TPSA) is 36.0 Å². The van der Waals surface area contributed by atoms with Crippen molar-refractivity contribution in [1.82, 2.24) is 9.80 Å². The predicted molar refractivity (Wildman–Crippen MR) is 113 cm³/mol. The van der Waals surface area contributed by atoms with Crippen LogP contribution in [-0.2, 0) is 11.3 Å². The van der Waals surface area contributed by atoms with Gasteiger partial charge in [-0.05, 0) is 69.7 Å². The van der Waals surface area contributed by atoms with Gasteiger partial charge < -0.3 is 14.5 Å². The van der Waals surface area contributed by atoms with E-state index in [0.29, 0.717) is 13.1 Å². The number of carbonyl (C=O) groups excluding carboxylic acids is 1. The van der Waals surface area contributed by atoms with Gasteiger partial charge in [-0.2, -0.15) is 13.2 Å². The number of hydrogen-bond donors (Lipinski definition) is 0. The highest BCUT2D eigenvalue weighted by molar-refractivity contribution is 5.68. The number of likely N-dealkylation sites (tertiary alicyclic amines) is 2. The second-order valence-corrected chi connectivity index (χ2v) is 9.28. The molecule has 1 amide bonds. The van der Waals surface area contributed by atoms with Crippen molar-refractivity contribution in [3.05, 3.63) is 29.3 Å². The molecule has 172 valence electrons. The van der Waals surface area contributed by atoms with Crippen molar-refractivity contribution < 1.29 is 22.7 Å². The first-order valence-corrected chi connectivity index (χ1v) is 11.3. The zero-order chi connectivity index (χ0) is 22.2. The minimum atomic E-state index is -4.53. The van der Waals surface area contributed by atoms with Gasteiger partial charge in [0.2, 0.25) is 0 Å². The second kappa shape index (κ2) is 8.52. The molecule has 0 radical (unpaired) electrons. The van der Waals surface area contributed by atoms with Gasteiger partial charge in [0.05, 0.1) is 0 Å². The van der Waals surface area contributed by atoms with Gasteiger partial charge in [0, 0.05) is 44.0 Å². The lowest BCUT2D eigenvalue weighted by Crippen LogP contribution is -2.53. The normalized spacial score (nSPS) is 22.5. The molecule has 3 fully saturated rings. The second-order valence-electron chi connectivity index (χ2n) is 9.28. The number of hydrogen-bond acceptors (Lipinski definition) is 4. The van der Waals surface area contributed by atoms with E-state index in [-0.39, 0.29) is 5.54 Å². The molecule has 1 aromatic carbocycles. The Labute approximate surface area is 182 Å². The Bertz CT molecular complexity index is 802. The molecule has 0 N–H and O–H groups in total. The van der Waals surface area contributed by atoms with E-state index in [0.717, 1.165) is 58.8 Å². The van der Waals surface area contributed by atoms with Crippen LogP contribution in [0, 0.1) is 6.92 Å². The summed E-state index contributed by atoms with van der Waals surface area (Å²) in [6.07, 6.45) is -2.51. The van der Waals surface area contributed by atoms with Gasteiger partial charge in [-0.3, -0.25) is 4.90 Å². The Morgan fingerprint density at radius 1 is 1.10 bits per heavy atom. The third-order valence-corrected chi connectivity index (χ3v) is 7.23. The van der Waals surface area contributed by atoms with Crippen LogP contribution in [0.1, 0.15) is 50.2 Å². The standard InChI is InChI=1S/C23H32F3N3O2/c1-17-5-6-19(20(15-17)27-10-4-11-27)16-29-12-3-7-22(29)8-13-28(14-9-22)21(30)31-18(2)23(24,25)26/h5-6,15,18H,3-4,7-14,16H2,1-2H3. The predicted octanol–water partition coefficient (Wildman–Crippen LogP) is 4.72. The molecule has 1 atom stereocenters. The number of alkyl halides is 3. The minimum Gasteiger partial charge on any atom is -0.437 e. The zero-order valence-corrected chi connectivity index (χ0v) is 18.4. The van der Waals surface area contributed by atoms with E-state index < -0.39 is 18.4 Å². The van der Waals surface area contributed by atoms with Crippen molar-refractivity contribution in [2.75, 3.05) is 37.6 Å². The highest BCUT2D eigenvalue weighted by Crippen LogP contribution is 2.41. The summed E-state index contributed by atoms with van der Waals surface area (Å²) < 4.78 is 42.8. The van der Waals surface area contributed by atoms with E-state index in [9.17, 15) is 18.0 Å². The van der Waals surface area contributed by atoms with Gasteiger partial charge in [-0.25, -0.2) is 4.79 Å². The molecule has 5 nitrogen and oxygen atoms in total. The Balaban J connectivity index is 1.40. The largest absolute Gasteiger partial charge is 0.437 e. The van der Waals surface area contributed by atoms with Crippen LogP contribution in [0.25, 0.3) is 0 Å². The van der Waals surface area contributed by atoms with E-state index in [2.05, 4.69) is 39.7 Å². The molecule has 4 rings (SSSR count). The molecule has 0 bridgehead atoms. The quantitative estimate of drug-likeness (QED) is 0.680. The molecule has 3 aliphatic heterocycles. The average Bonchev–Trinajstić information content (AvgIpc) is 3.04. The van der Waals surface area contributed by atoms with E-state index in [1.165, 1.54) is 28.1 Å². The molecule has 3 saturated heterocycles. The number of halogens is 3. The number of aryl methyl sites for hydroxylation is 1. The zero-order valence-electron chi connectivity index (χ0n) is 18.4. The minimum absolute atomic E-state index is 0.0174.